The first-order valence-electron chi connectivity index (χ1n) is 7.57. The average molecular weight is 239 g/mol. The topological polar surface area (TPSA) is 46.2 Å². The maximum absolute atomic E-state index is 10.8. The van der Waals surface area contributed by atoms with Gasteiger partial charge in [-0.25, -0.2) is 0 Å². The predicted molar refractivity (Wildman–Crippen MR) is 71.8 cm³/mol. The van der Waals surface area contributed by atoms with Crippen molar-refractivity contribution >= 4 is 0 Å². The van der Waals surface area contributed by atoms with E-state index in [1.165, 1.54) is 38.5 Å². The zero-order valence-corrected chi connectivity index (χ0v) is 11.4. The molecule has 0 aromatic heterocycles. The van der Waals surface area contributed by atoms with Crippen molar-refractivity contribution in [3.8, 4) is 0 Å². The summed E-state index contributed by atoms with van der Waals surface area (Å²) >= 11 is 0. The predicted octanol–water partition coefficient (Wildman–Crippen LogP) is 3.23. The lowest BCUT2D eigenvalue weighted by molar-refractivity contribution is -0.0762. The van der Waals surface area contributed by atoms with Gasteiger partial charge in [0.25, 0.3) is 0 Å². The van der Waals surface area contributed by atoms with Crippen LogP contribution >= 0.6 is 0 Å². The first-order chi connectivity index (χ1) is 8.14. The molecule has 100 valence electrons. The molecule has 2 rings (SSSR count). The van der Waals surface area contributed by atoms with Gasteiger partial charge in [0.2, 0.25) is 0 Å². The van der Waals surface area contributed by atoms with Crippen LogP contribution in [0.3, 0.4) is 0 Å². The van der Waals surface area contributed by atoms with Crippen LogP contribution in [0.15, 0.2) is 0 Å². The van der Waals surface area contributed by atoms with Crippen LogP contribution < -0.4 is 5.73 Å². The van der Waals surface area contributed by atoms with E-state index in [4.69, 9.17) is 5.73 Å². The molecule has 0 amide bonds. The maximum atomic E-state index is 10.8. The van der Waals surface area contributed by atoms with Crippen molar-refractivity contribution in [3.05, 3.63) is 0 Å². The van der Waals surface area contributed by atoms with Gasteiger partial charge >= 0.3 is 0 Å². The summed E-state index contributed by atoms with van der Waals surface area (Å²) in [7, 11) is 0. The normalized spacial score (nSPS) is 28.4. The van der Waals surface area contributed by atoms with Crippen LogP contribution in [0.1, 0.15) is 71.1 Å². The van der Waals surface area contributed by atoms with Gasteiger partial charge in [-0.15, -0.1) is 0 Å². The second-order valence-electron chi connectivity index (χ2n) is 6.53. The summed E-state index contributed by atoms with van der Waals surface area (Å²) < 4.78 is 0. The SMILES string of the molecule is CCCC(CN)C1(O)CCC2(CCCC2)CC1. The van der Waals surface area contributed by atoms with Gasteiger partial charge in [-0.05, 0) is 62.8 Å². The molecule has 0 saturated heterocycles. The van der Waals surface area contributed by atoms with Crippen LogP contribution in [0.2, 0.25) is 0 Å². The highest BCUT2D eigenvalue weighted by molar-refractivity contribution is 4.98. The van der Waals surface area contributed by atoms with Crippen molar-refractivity contribution < 1.29 is 5.11 Å². The Bertz CT molecular complexity index is 235. The molecule has 2 aliphatic rings. The molecule has 17 heavy (non-hydrogen) atoms. The van der Waals surface area contributed by atoms with Gasteiger partial charge in [-0.1, -0.05) is 26.2 Å². The minimum absolute atomic E-state index is 0.325. The molecule has 0 radical (unpaired) electrons. The number of nitrogens with two attached hydrogens (primary N) is 1. The smallest absolute Gasteiger partial charge is 0.0688 e. The summed E-state index contributed by atoms with van der Waals surface area (Å²) in [6.07, 6.45) is 12.3. The minimum Gasteiger partial charge on any atom is -0.390 e. The van der Waals surface area contributed by atoms with Crippen LogP contribution in [-0.2, 0) is 0 Å². The molecule has 0 heterocycles. The standard InChI is InChI=1S/C15H29NO/c1-2-5-13(12-16)15(17)10-8-14(9-11-15)6-3-4-7-14/h13,17H,2-12,16H2,1H3. The largest absolute Gasteiger partial charge is 0.390 e. The molecule has 2 heteroatoms. The Labute approximate surface area is 106 Å². The first kappa shape index (κ1) is 13.4. The van der Waals surface area contributed by atoms with Crippen LogP contribution in [0.4, 0.5) is 0 Å². The molecule has 1 spiro atoms. The number of hydrogen-bond donors (Lipinski definition) is 2. The fraction of sp³-hybridized carbons (Fsp3) is 1.00. The summed E-state index contributed by atoms with van der Waals surface area (Å²) in [6, 6.07) is 0. The van der Waals surface area contributed by atoms with Crippen molar-refractivity contribution in [1.29, 1.82) is 0 Å². The zero-order chi connectivity index (χ0) is 12.4. The highest BCUT2D eigenvalue weighted by Gasteiger charge is 2.45. The molecular formula is C15H29NO. The van der Waals surface area contributed by atoms with Gasteiger partial charge in [0, 0.05) is 0 Å². The Kier molecular flexibility index (Phi) is 4.14. The van der Waals surface area contributed by atoms with Crippen molar-refractivity contribution in [2.45, 2.75) is 76.7 Å². The summed E-state index contributed by atoms with van der Waals surface area (Å²) in [4.78, 5) is 0. The molecule has 0 bridgehead atoms. The Hall–Kier alpha value is -0.0800. The molecule has 0 aliphatic heterocycles. The van der Waals surface area contributed by atoms with E-state index < -0.39 is 5.60 Å². The Morgan fingerprint density at radius 1 is 1.06 bits per heavy atom. The van der Waals surface area contributed by atoms with Gasteiger partial charge in [-0.3, -0.25) is 0 Å². The van der Waals surface area contributed by atoms with Crippen molar-refractivity contribution in [2.24, 2.45) is 17.1 Å². The van der Waals surface area contributed by atoms with E-state index in [-0.39, 0.29) is 0 Å². The second-order valence-corrected chi connectivity index (χ2v) is 6.53. The lowest BCUT2D eigenvalue weighted by Gasteiger charge is -2.46. The molecule has 1 unspecified atom stereocenters. The zero-order valence-electron chi connectivity index (χ0n) is 11.4. The van der Waals surface area contributed by atoms with Crippen LogP contribution in [0.5, 0.6) is 0 Å². The molecule has 2 saturated carbocycles. The average Bonchev–Trinajstić information content (AvgIpc) is 2.79. The van der Waals surface area contributed by atoms with Gasteiger partial charge < -0.3 is 10.8 Å². The Balaban J connectivity index is 1.95. The highest BCUT2D eigenvalue weighted by atomic mass is 16.3. The summed E-state index contributed by atoms with van der Waals surface area (Å²) in [5.41, 5.74) is 6.02. The van der Waals surface area contributed by atoms with Crippen molar-refractivity contribution in [3.63, 3.8) is 0 Å². The van der Waals surface area contributed by atoms with Gasteiger partial charge in [0.1, 0.15) is 0 Å². The first-order valence-corrected chi connectivity index (χ1v) is 7.57. The lowest BCUT2D eigenvalue weighted by Crippen LogP contribution is -2.46. The maximum Gasteiger partial charge on any atom is 0.0688 e. The third-order valence-electron chi connectivity index (χ3n) is 5.52. The molecular weight excluding hydrogens is 210 g/mol. The quantitative estimate of drug-likeness (QED) is 0.791. The molecule has 0 aromatic carbocycles. The van der Waals surface area contributed by atoms with Crippen LogP contribution in [-0.4, -0.2) is 17.3 Å². The Morgan fingerprint density at radius 3 is 2.12 bits per heavy atom. The van der Waals surface area contributed by atoms with Crippen molar-refractivity contribution in [1.82, 2.24) is 0 Å². The fourth-order valence-electron chi connectivity index (χ4n) is 4.20. The molecule has 2 fully saturated rings. The van der Waals surface area contributed by atoms with E-state index in [9.17, 15) is 5.11 Å². The minimum atomic E-state index is -0.446. The van der Waals surface area contributed by atoms with Crippen LogP contribution in [0, 0.1) is 11.3 Å². The second kappa shape index (κ2) is 5.27. The number of hydrogen-bond acceptors (Lipinski definition) is 2. The van der Waals surface area contributed by atoms with E-state index in [1.54, 1.807) is 0 Å². The molecule has 0 aromatic rings. The van der Waals surface area contributed by atoms with E-state index >= 15 is 0 Å². The monoisotopic (exact) mass is 239 g/mol. The van der Waals surface area contributed by atoms with Crippen molar-refractivity contribution in [2.75, 3.05) is 6.54 Å². The third-order valence-corrected chi connectivity index (χ3v) is 5.52. The Morgan fingerprint density at radius 2 is 1.65 bits per heavy atom. The molecule has 1 atom stereocenters. The third kappa shape index (κ3) is 2.68. The molecule has 2 aliphatic carbocycles. The molecule has 3 N–H and O–H groups in total. The van der Waals surface area contributed by atoms with E-state index in [0.29, 0.717) is 17.9 Å². The van der Waals surface area contributed by atoms with E-state index in [2.05, 4.69) is 6.92 Å². The molecule has 2 nitrogen and oxygen atoms in total. The summed E-state index contributed by atoms with van der Waals surface area (Å²) in [5, 5.41) is 10.8. The van der Waals surface area contributed by atoms with E-state index in [0.717, 1.165) is 25.7 Å². The van der Waals surface area contributed by atoms with E-state index in [1.807, 2.05) is 0 Å². The summed E-state index contributed by atoms with van der Waals surface area (Å²) in [5.74, 6) is 0.325. The lowest BCUT2D eigenvalue weighted by atomic mass is 9.64. The number of aliphatic hydroxyl groups is 1. The number of rotatable bonds is 4. The van der Waals surface area contributed by atoms with Gasteiger partial charge in [-0.2, -0.15) is 0 Å². The fourth-order valence-corrected chi connectivity index (χ4v) is 4.20. The summed E-state index contributed by atoms with van der Waals surface area (Å²) in [6.45, 7) is 2.84. The highest BCUT2D eigenvalue weighted by Crippen LogP contribution is 2.52. The van der Waals surface area contributed by atoms with Gasteiger partial charge in [0.15, 0.2) is 0 Å². The van der Waals surface area contributed by atoms with Gasteiger partial charge in [0.05, 0.1) is 5.60 Å². The van der Waals surface area contributed by atoms with Crippen LogP contribution in [0.25, 0.3) is 0 Å².